The van der Waals surface area contributed by atoms with Crippen LogP contribution in [-0.4, -0.2) is 43.1 Å². The molecule has 0 radical (unpaired) electrons. The fraction of sp³-hybridized carbons (Fsp3) is 0.688. The van der Waals surface area contributed by atoms with E-state index in [2.05, 4.69) is 55.2 Å². The van der Waals surface area contributed by atoms with Crippen molar-refractivity contribution < 1.29 is 0 Å². The minimum Gasteiger partial charge on any atom is -0.316 e. The van der Waals surface area contributed by atoms with E-state index in [1.165, 1.54) is 12.0 Å². The molecule has 1 aromatic heterocycles. The summed E-state index contributed by atoms with van der Waals surface area (Å²) in [5.74, 6) is 0. The summed E-state index contributed by atoms with van der Waals surface area (Å²) < 4.78 is 0. The van der Waals surface area contributed by atoms with Gasteiger partial charge in [0, 0.05) is 32.0 Å². The minimum absolute atomic E-state index is 0.364. The number of nitrogens with one attached hydrogen (secondary N) is 1. The summed E-state index contributed by atoms with van der Waals surface area (Å²) in [6, 6.07) is 4.21. The molecule has 0 aliphatic heterocycles. The van der Waals surface area contributed by atoms with Crippen molar-refractivity contribution in [2.45, 2.75) is 33.6 Å². The van der Waals surface area contributed by atoms with E-state index in [1.54, 1.807) is 0 Å². The first-order valence-corrected chi connectivity index (χ1v) is 7.38. The number of rotatable bonds is 9. The van der Waals surface area contributed by atoms with Gasteiger partial charge in [-0.05, 0) is 49.5 Å². The molecule has 3 nitrogen and oxygen atoms in total. The quantitative estimate of drug-likeness (QED) is 0.742. The Kier molecular flexibility index (Phi) is 7.03. The molecule has 1 heterocycles. The van der Waals surface area contributed by atoms with Gasteiger partial charge in [0.25, 0.3) is 0 Å². The molecule has 108 valence electrons. The molecule has 1 atom stereocenters. The molecule has 3 heteroatoms. The lowest BCUT2D eigenvalue weighted by Gasteiger charge is -2.33. The van der Waals surface area contributed by atoms with Crippen LogP contribution in [0.1, 0.15) is 32.8 Å². The van der Waals surface area contributed by atoms with Gasteiger partial charge in [0.15, 0.2) is 0 Å². The Morgan fingerprint density at radius 2 is 1.95 bits per heavy atom. The van der Waals surface area contributed by atoms with Gasteiger partial charge in [-0.1, -0.05) is 20.8 Å². The molecule has 0 amide bonds. The summed E-state index contributed by atoms with van der Waals surface area (Å²) in [6.07, 6.45) is 6.05. The third-order valence-electron chi connectivity index (χ3n) is 3.84. The standard InChI is InChI=1S/C16H29N3/c1-5-16(3,13-17-6-2)14-19(4)12-9-15-7-10-18-11-8-15/h7-8,10-11,17H,5-6,9,12-14H2,1-4H3. The van der Waals surface area contributed by atoms with E-state index in [-0.39, 0.29) is 0 Å². The molecule has 1 N–H and O–H groups in total. The lowest BCUT2D eigenvalue weighted by Crippen LogP contribution is -2.41. The lowest BCUT2D eigenvalue weighted by atomic mass is 9.86. The van der Waals surface area contributed by atoms with Gasteiger partial charge >= 0.3 is 0 Å². The molecule has 0 aromatic carbocycles. The number of pyridine rings is 1. The Hall–Kier alpha value is -0.930. The average molecular weight is 263 g/mol. The summed E-state index contributed by atoms with van der Waals surface area (Å²) >= 11 is 0. The van der Waals surface area contributed by atoms with E-state index in [4.69, 9.17) is 0 Å². The third-order valence-corrected chi connectivity index (χ3v) is 3.84. The molecule has 0 bridgehead atoms. The highest BCUT2D eigenvalue weighted by Gasteiger charge is 2.23. The molecular weight excluding hydrogens is 234 g/mol. The summed E-state index contributed by atoms with van der Waals surface area (Å²) in [7, 11) is 2.22. The van der Waals surface area contributed by atoms with Crippen LogP contribution in [0, 0.1) is 5.41 Å². The highest BCUT2D eigenvalue weighted by atomic mass is 15.1. The van der Waals surface area contributed by atoms with Crippen LogP contribution in [0.5, 0.6) is 0 Å². The fourth-order valence-corrected chi connectivity index (χ4v) is 2.32. The van der Waals surface area contributed by atoms with Gasteiger partial charge in [-0.2, -0.15) is 0 Å². The second-order valence-electron chi connectivity index (χ2n) is 5.79. The Bertz CT molecular complexity index is 339. The SMILES string of the molecule is CCNCC(C)(CC)CN(C)CCc1ccncc1. The van der Waals surface area contributed by atoms with Crippen molar-refractivity contribution >= 4 is 0 Å². The van der Waals surface area contributed by atoms with Gasteiger partial charge in [0.2, 0.25) is 0 Å². The summed E-state index contributed by atoms with van der Waals surface area (Å²) in [5, 5.41) is 3.48. The molecule has 0 aliphatic carbocycles. The normalized spacial score (nSPS) is 14.6. The van der Waals surface area contributed by atoms with E-state index in [9.17, 15) is 0 Å². The highest BCUT2D eigenvalue weighted by Crippen LogP contribution is 2.21. The zero-order chi connectivity index (χ0) is 14.1. The predicted molar refractivity (Wildman–Crippen MR) is 82.4 cm³/mol. The molecule has 0 saturated carbocycles. The summed E-state index contributed by atoms with van der Waals surface area (Å²) in [5.41, 5.74) is 1.73. The summed E-state index contributed by atoms with van der Waals surface area (Å²) in [6.45, 7) is 11.2. The highest BCUT2D eigenvalue weighted by molar-refractivity contribution is 5.09. The van der Waals surface area contributed by atoms with E-state index >= 15 is 0 Å². The molecule has 0 saturated heterocycles. The molecule has 0 spiro atoms. The first-order valence-electron chi connectivity index (χ1n) is 7.38. The maximum atomic E-state index is 4.06. The molecular formula is C16H29N3. The van der Waals surface area contributed by atoms with Crippen LogP contribution < -0.4 is 5.32 Å². The van der Waals surface area contributed by atoms with Crippen LogP contribution in [0.25, 0.3) is 0 Å². The van der Waals surface area contributed by atoms with E-state index < -0.39 is 0 Å². The monoisotopic (exact) mass is 263 g/mol. The molecule has 19 heavy (non-hydrogen) atoms. The second kappa shape index (κ2) is 8.28. The minimum atomic E-state index is 0.364. The number of nitrogens with zero attached hydrogens (tertiary/aromatic N) is 2. The van der Waals surface area contributed by atoms with Crippen LogP contribution in [0.3, 0.4) is 0 Å². The van der Waals surface area contributed by atoms with Gasteiger partial charge in [0.05, 0.1) is 0 Å². The van der Waals surface area contributed by atoms with Gasteiger partial charge in [-0.3, -0.25) is 4.98 Å². The maximum absolute atomic E-state index is 4.06. The molecule has 0 fully saturated rings. The maximum Gasteiger partial charge on any atom is 0.0270 e. The molecule has 1 aromatic rings. The first-order chi connectivity index (χ1) is 9.09. The van der Waals surface area contributed by atoms with Gasteiger partial charge < -0.3 is 10.2 Å². The lowest BCUT2D eigenvalue weighted by molar-refractivity contribution is 0.182. The van der Waals surface area contributed by atoms with Crippen LogP contribution >= 0.6 is 0 Å². The van der Waals surface area contributed by atoms with Crippen LogP contribution in [0.15, 0.2) is 24.5 Å². The van der Waals surface area contributed by atoms with Crippen molar-refractivity contribution in [3.63, 3.8) is 0 Å². The van der Waals surface area contributed by atoms with Crippen molar-refractivity contribution in [3.8, 4) is 0 Å². The van der Waals surface area contributed by atoms with Gasteiger partial charge in [-0.25, -0.2) is 0 Å². The number of hydrogen-bond acceptors (Lipinski definition) is 3. The van der Waals surface area contributed by atoms with Crippen molar-refractivity contribution in [1.29, 1.82) is 0 Å². The Morgan fingerprint density at radius 1 is 1.26 bits per heavy atom. The molecule has 1 unspecified atom stereocenters. The zero-order valence-electron chi connectivity index (χ0n) is 12.9. The van der Waals surface area contributed by atoms with Crippen LogP contribution in [0.2, 0.25) is 0 Å². The third kappa shape index (κ3) is 6.17. The van der Waals surface area contributed by atoms with Crippen molar-refractivity contribution in [3.05, 3.63) is 30.1 Å². The van der Waals surface area contributed by atoms with Crippen molar-refractivity contribution in [1.82, 2.24) is 15.2 Å². The number of hydrogen-bond donors (Lipinski definition) is 1. The Balaban J connectivity index is 2.38. The van der Waals surface area contributed by atoms with Crippen LogP contribution in [-0.2, 0) is 6.42 Å². The van der Waals surface area contributed by atoms with Crippen LogP contribution in [0.4, 0.5) is 0 Å². The van der Waals surface area contributed by atoms with E-state index in [0.717, 1.165) is 32.6 Å². The average Bonchev–Trinajstić information content (AvgIpc) is 2.44. The Morgan fingerprint density at radius 3 is 2.53 bits per heavy atom. The van der Waals surface area contributed by atoms with Crippen molar-refractivity contribution in [2.24, 2.45) is 5.41 Å². The predicted octanol–water partition coefficient (Wildman–Crippen LogP) is 2.58. The first kappa shape index (κ1) is 16.1. The second-order valence-corrected chi connectivity index (χ2v) is 5.79. The largest absolute Gasteiger partial charge is 0.316 e. The van der Waals surface area contributed by atoms with Gasteiger partial charge in [0.1, 0.15) is 0 Å². The molecule has 0 aliphatic rings. The number of likely N-dealkylation sites (N-methyl/N-ethyl adjacent to an activating group) is 1. The Labute approximate surface area is 118 Å². The fourth-order valence-electron chi connectivity index (χ4n) is 2.32. The number of aromatic nitrogens is 1. The van der Waals surface area contributed by atoms with E-state index in [0.29, 0.717) is 5.41 Å². The topological polar surface area (TPSA) is 28.2 Å². The zero-order valence-corrected chi connectivity index (χ0v) is 12.9. The van der Waals surface area contributed by atoms with Crippen molar-refractivity contribution in [2.75, 3.05) is 33.2 Å². The smallest absolute Gasteiger partial charge is 0.0270 e. The van der Waals surface area contributed by atoms with E-state index in [1.807, 2.05) is 12.4 Å². The summed E-state index contributed by atoms with van der Waals surface area (Å²) in [4.78, 5) is 6.50. The van der Waals surface area contributed by atoms with Gasteiger partial charge in [-0.15, -0.1) is 0 Å². The molecule has 1 rings (SSSR count).